The summed E-state index contributed by atoms with van der Waals surface area (Å²) in [6, 6.07) is 4.66. The number of fused-ring (bicyclic) bond motifs is 4. The molecule has 3 amide bonds. The Labute approximate surface area is 172 Å². The van der Waals surface area contributed by atoms with Crippen molar-refractivity contribution < 1.29 is 9.59 Å². The van der Waals surface area contributed by atoms with E-state index in [1.54, 1.807) is 12.1 Å². The number of rotatable bonds is 7. The molecule has 2 bridgehead atoms. The van der Waals surface area contributed by atoms with E-state index < -0.39 is 6.04 Å². The number of nitrogens with one attached hydrogen (secondary N) is 2. The molecule has 0 aromatic carbocycles. The number of carbonyl (C=O) groups excluding carboxylic acids is 2. The molecule has 7 nitrogen and oxygen atoms in total. The molecule has 160 valence electrons. The smallest absolute Gasteiger partial charge is 0.318 e. The molecular weight excluding hydrogens is 368 g/mol. The third-order valence-corrected chi connectivity index (χ3v) is 6.07. The number of likely N-dealkylation sites (tertiary alicyclic amines) is 1. The van der Waals surface area contributed by atoms with Crippen LogP contribution in [0.15, 0.2) is 23.0 Å². The predicted molar refractivity (Wildman–Crippen MR) is 113 cm³/mol. The molecule has 1 saturated heterocycles. The Kier molecular flexibility index (Phi) is 6.98. The van der Waals surface area contributed by atoms with Crippen LogP contribution in [-0.4, -0.2) is 47.1 Å². The lowest BCUT2D eigenvalue weighted by Crippen LogP contribution is -2.57. The minimum absolute atomic E-state index is 0.00807. The number of hydrogen-bond acceptors (Lipinski definition) is 3. The molecule has 0 spiro atoms. The Morgan fingerprint density at radius 3 is 2.69 bits per heavy atom. The summed E-state index contributed by atoms with van der Waals surface area (Å²) in [7, 11) is 0. The molecule has 1 fully saturated rings. The maximum Gasteiger partial charge on any atom is 0.318 e. The Morgan fingerprint density at radius 1 is 1.17 bits per heavy atom. The molecule has 2 aliphatic rings. The van der Waals surface area contributed by atoms with Crippen molar-refractivity contribution in [1.29, 1.82) is 0 Å². The molecule has 0 saturated carbocycles. The fourth-order valence-corrected chi connectivity index (χ4v) is 4.52. The van der Waals surface area contributed by atoms with E-state index in [0.717, 1.165) is 31.4 Å². The molecule has 2 N–H and O–H groups in total. The predicted octanol–water partition coefficient (Wildman–Crippen LogP) is 2.31. The topological polar surface area (TPSA) is 83.4 Å². The summed E-state index contributed by atoms with van der Waals surface area (Å²) in [5, 5.41) is 5.91. The van der Waals surface area contributed by atoms with Crippen molar-refractivity contribution in [3.05, 3.63) is 34.2 Å². The van der Waals surface area contributed by atoms with Crippen molar-refractivity contribution >= 4 is 11.9 Å². The van der Waals surface area contributed by atoms with Gasteiger partial charge in [-0.1, -0.05) is 39.7 Å². The molecule has 7 heteroatoms. The number of carbonyl (C=O) groups is 2. The van der Waals surface area contributed by atoms with E-state index in [0.29, 0.717) is 26.2 Å². The summed E-state index contributed by atoms with van der Waals surface area (Å²) < 4.78 is 1.86. The van der Waals surface area contributed by atoms with E-state index in [1.807, 2.05) is 29.4 Å². The van der Waals surface area contributed by atoms with E-state index in [4.69, 9.17) is 0 Å². The number of hydrogen-bond donors (Lipinski definition) is 2. The Balaban J connectivity index is 1.63. The second-order valence-corrected chi connectivity index (χ2v) is 8.77. The van der Waals surface area contributed by atoms with Crippen LogP contribution in [0.4, 0.5) is 4.79 Å². The first-order chi connectivity index (χ1) is 13.9. The summed E-state index contributed by atoms with van der Waals surface area (Å²) >= 11 is 0. The quantitative estimate of drug-likeness (QED) is 0.687. The molecule has 2 aliphatic heterocycles. The fraction of sp³-hybridized carbons (Fsp3) is 0.682. The summed E-state index contributed by atoms with van der Waals surface area (Å²) in [5.41, 5.74) is 1.05. The molecule has 3 rings (SSSR count). The first-order valence-electron chi connectivity index (χ1n) is 10.9. The van der Waals surface area contributed by atoms with Crippen molar-refractivity contribution in [2.24, 2.45) is 11.8 Å². The van der Waals surface area contributed by atoms with Gasteiger partial charge in [-0.3, -0.25) is 9.59 Å². The van der Waals surface area contributed by atoms with Crippen molar-refractivity contribution in [2.45, 2.75) is 65.0 Å². The molecule has 0 aliphatic carbocycles. The van der Waals surface area contributed by atoms with Crippen LogP contribution in [-0.2, 0) is 11.3 Å². The van der Waals surface area contributed by atoms with Crippen LogP contribution in [0.5, 0.6) is 0 Å². The lowest BCUT2D eigenvalue weighted by atomic mass is 9.83. The zero-order valence-electron chi connectivity index (χ0n) is 17.8. The van der Waals surface area contributed by atoms with E-state index >= 15 is 0 Å². The highest BCUT2D eigenvalue weighted by atomic mass is 16.2. The first-order valence-corrected chi connectivity index (χ1v) is 10.9. The highest BCUT2D eigenvalue weighted by Crippen LogP contribution is 2.34. The van der Waals surface area contributed by atoms with Crippen LogP contribution in [0.1, 0.15) is 58.1 Å². The van der Waals surface area contributed by atoms with Crippen molar-refractivity contribution in [3.8, 4) is 0 Å². The Morgan fingerprint density at radius 2 is 1.97 bits per heavy atom. The number of pyridine rings is 1. The molecule has 3 atom stereocenters. The summed E-state index contributed by atoms with van der Waals surface area (Å²) in [5.74, 6) is 0.335. The standard InChI is InChI=1S/C22H34N4O3/c1-4-5-6-10-23-21(28)20(15(2)3)24-22(29)25-12-16-11-17(14-25)18-8-7-9-19(27)26(18)13-16/h7-9,15-17,20H,4-6,10-14H2,1-3H3,(H,23,28)(H,24,29)/t16-,17+,20+/m1/s1. The zero-order valence-corrected chi connectivity index (χ0v) is 17.8. The maximum atomic E-state index is 13.0. The van der Waals surface area contributed by atoms with Crippen molar-refractivity contribution in [3.63, 3.8) is 0 Å². The van der Waals surface area contributed by atoms with E-state index in [2.05, 4.69) is 17.6 Å². The van der Waals surface area contributed by atoms with E-state index in [9.17, 15) is 14.4 Å². The van der Waals surface area contributed by atoms with Crippen LogP contribution in [0.3, 0.4) is 0 Å². The number of nitrogens with zero attached hydrogens (tertiary/aromatic N) is 2. The Hall–Kier alpha value is -2.31. The largest absolute Gasteiger partial charge is 0.354 e. The Bertz CT molecular complexity index is 789. The van der Waals surface area contributed by atoms with Crippen molar-refractivity contribution in [2.75, 3.05) is 19.6 Å². The van der Waals surface area contributed by atoms with Crippen molar-refractivity contribution in [1.82, 2.24) is 20.1 Å². The lowest BCUT2D eigenvalue weighted by molar-refractivity contribution is -0.123. The van der Waals surface area contributed by atoms with Gasteiger partial charge in [0, 0.05) is 43.9 Å². The van der Waals surface area contributed by atoms with Gasteiger partial charge in [0.05, 0.1) is 0 Å². The van der Waals surface area contributed by atoms with Gasteiger partial charge in [0.15, 0.2) is 0 Å². The van der Waals surface area contributed by atoms with Gasteiger partial charge in [0.25, 0.3) is 5.56 Å². The van der Waals surface area contributed by atoms with Crippen LogP contribution in [0, 0.1) is 11.8 Å². The lowest BCUT2D eigenvalue weighted by Gasteiger charge is -2.43. The maximum absolute atomic E-state index is 13.0. The first kappa shape index (κ1) is 21.4. The highest BCUT2D eigenvalue weighted by Gasteiger charge is 2.37. The van der Waals surface area contributed by atoms with Gasteiger partial charge < -0.3 is 20.1 Å². The van der Waals surface area contributed by atoms with Crippen LogP contribution >= 0.6 is 0 Å². The SMILES string of the molecule is CCCCCNC(=O)[C@@H](NC(=O)N1C[C@H]2C[C@@H](C1)c1cccc(=O)n1C2)C(C)C. The van der Waals surface area contributed by atoms with Gasteiger partial charge in [0.1, 0.15) is 6.04 Å². The molecule has 0 unspecified atom stereocenters. The number of unbranched alkanes of at least 4 members (excludes halogenated alkanes) is 2. The molecular formula is C22H34N4O3. The third-order valence-electron chi connectivity index (χ3n) is 6.07. The van der Waals surface area contributed by atoms with Gasteiger partial charge in [-0.05, 0) is 30.7 Å². The second-order valence-electron chi connectivity index (χ2n) is 8.77. The van der Waals surface area contributed by atoms with Gasteiger partial charge >= 0.3 is 6.03 Å². The van der Waals surface area contributed by atoms with Gasteiger partial charge in [-0.25, -0.2) is 4.79 Å². The third kappa shape index (κ3) is 5.00. The minimum Gasteiger partial charge on any atom is -0.354 e. The van der Waals surface area contributed by atoms with Crippen LogP contribution in [0.25, 0.3) is 0 Å². The molecule has 1 aromatic heterocycles. The second kappa shape index (κ2) is 9.46. The zero-order chi connectivity index (χ0) is 21.0. The summed E-state index contributed by atoms with van der Waals surface area (Å²) in [4.78, 5) is 39.5. The van der Waals surface area contributed by atoms with E-state index in [1.165, 1.54) is 0 Å². The van der Waals surface area contributed by atoms with Gasteiger partial charge in [-0.15, -0.1) is 0 Å². The minimum atomic E-state index is -0.541. The summed E-state index contributed by atoms with van der Waals surface area (Å²) in [6.07, 6.45) is 4.14. The molecule has 1 aromatic rings. The number of aromatic nitrogens is 1. The van der Waals surface area contributed by atoms with Crippen LogP contribution in [0.2, 0.25) is 0 Å². The van der Waals surface area contributed by atoms with Gasteiger partial charge in [-0.2, -0.15) is 0 Å². The van der Waals surface area contributed by atoms with E-state index in [-0.39, 0.29) is 35.3 Å². The average Bonchev–Trinajstić information content (AvgIpc) is 2.69. The number of urea groups is 1. The summed E-state index contributed by atoms with van der Waals surface area (Å²) in [6.45, 7) is 8.52. The van der Waals surface area contributed by atoms with Gasteiger partial charge in [0.2, 0.25) is 5.91 Å². The highest BCUT2D eigenvalue weighted by molar-refractivity contribution is 5.87. The molecule has 0 radical (unpaired) electrons. The monoisotopic (exact) mass is 402 g/mol. The fourth-order valence-electron chi connectivity index (χ4n) is 4.52. The average molecular weight is 403 g/mol. The molecule has 29 heavy (non-hydrogen) atoms. The van der Waals surface area contributed by atoms with Crippen LogP contribution < -0.4 is 16.2 Å². The molecule has 3 heterocycles. The number of piperidine rings is 1. The normalized spacial score (nSPS) is 21.4. The number of amides is 3.